The van der Waals surface area contributed by atoms with Gasteiger partial charge in [-0.25, -0.2) is 0 Å². The molecule has 0 fully saturated rings. The van der Waals surface area contributed by atoms with Crippen LogP contribution in [-0.4, -0.2) is 5.78 Å². The molecule has 0 heterocycles. The second kappa shape index (κ2) is 4.72. The quantitative estimate of drug-likeness (QED) is 0.724. The molecule has 0 saturated carbocycles. The highest BCUT2D eigenvalue weighted by atomic mass is 35.5. The maximum Gasteiger partial charge on any atom is 0.193 e. The lowest BCUT2D eigenvalue weighted by atomic mass is 10.0. The van der Waals surface area contributed by atoms with Gasteiger partial charge in [-0.3, -0.25) is 4.79 Å². The third-order valence-electron chi connectivity index (χ3n) is 2.62. The van der Waals surface area contributed by atoms with Crippen LogP contribution in [0.2, 0.25) is 5.02 Å². The van der Waals surface area contributed by atoms with Crippen molar-refractivity contribution < 1.29 is 4.79 Å². The predicted octanol–water partition coefficient (Wildman–Crippen LogP) is 4.19. The van der Waals surface area contributed by atoms with Crippen LogP contribution in [0.5, 0.6) is 0 Å². The van der Waals surface area contributed by atoms with Crippen LogP contribution >= 0.6 is 11.6 Å². The summed E-state index contributed by atoms with van der Waals surface area (Å²) in [5, 5.41) is 0.598. The minimum atomic E-state index is 0.00981. The zero-order valence-electron chi connectivity index (χ0n) is 9.83. The van der Waals surface area contributed by atoms with Crippen molar-refractivity contribution in [2.24, 2.45) is 0 Å². The molecule has 1 nitrogen and oxygen atoms in total. The van der Waals surface area contributed by atoms with Gasteiger partial charge in [0.15, 0.2) is 5.78 Å². The molecule has 0 spiro atoms. The standard InChI is InChI=1S/C15H13ClO/c1-10-3-5-12(6-4-10)15(17)13-7-11(2)8-14(16)9-13/h3-9H,1-2H3. The Morgan fingerprint density at radius 3 is 2.12 bits per heavy atom. The van der Waals surface area contributed by atoms with Crippen LogP contribution in [-0.2, 0) is 0 Å². The van der Waals surface area contributed by atoms with Gasteiger partial charge < -0.3 is 0 Å². The Morgan fingerprint density at radius 1 is 0.882 bits per heavy atom. The molecule has 0 aliphatic carbocycles. The topological polar surface area (TPSA) is 17.1 Å². The molecule has 2 rings (SSSR count). The van der Waals surface area contributed by atoms with Crippen molar-refractivity contribution in [3.8, 4) is 0 Å². The van der Waals surface area contributed by atoms with Gasteiger partial charge in [0.25, 0.3) is 0 Å². The molecule has 2 heteroatoms. The Balaban J connectivity index is 2.40. The summed E-state index contributed by atoms with van der Waals surface area (Å²) in [7, 11) is 0. The van der Waals surface area contributed by atoms with E-state index in [1.54, 1.807) is 6.07 Å². The van der Waals surface area contributed by atoms with E-state index >= 15 is 0 Å². The molecule has 0 aromatic heterocycles. The summed E-state index contributed by atoms with van der Waals surface area (Å²) >= 11 is 5.95. The molecular formula is C15H13ClO. The number of benzene rings is 2. The SMILES string of the molecule is Cc1ccc(C(=O)c2cc(C)cc(Cl)c2)cc1. The van der Waals surface area contributed by atoms with Gasteiger partial charge in [-0.2, -0.15) is 0 Å². The van der Waals surface area contributed by atoms with Crippen LogP contribution < -0.4 is 0 Å². The Kier molecular flexibility index (Phi) is 3.30. The number of aryl methyl sites for hydroxylation is 2. The number of carbonyl (C=O) groups excluding carboxylic acids is 1. The molecule has 0 radical (unpaired) electrons. The minimum Gasteiger partial charge on any atom is -0.289 e. The molecule has 0 saturated heterocycles. The number of halogens is 1. The number of rotatable bonds is 2. The van der Waals surface area contributed by atoms with Gasteiger partial charge in [0.05, 0.1) is 0 Å². The number of hydrogen-bond acceptors (Lipinski definition) is 1. The third kappa shape index (κ3) is 2.75. The molecule has 0 amide bonds. The minimum absolute atomic E-state index is 0.00981. The second-order valence-electron chi connectivity index (χ2n) is 4.21. The van der Waals surface area contributed by atoms with E-state index in [2.05, 4.69) is 0 Å². The molecule has 0 unspecified atom stereocenters. The Hall–Kier alpha value is -1.60. The average Bonchev–Trinajstić information content (AvgIpc) is 2.28. The van der Waals surface area contributed by atoms with Crippen molar-refractivity contribution >= 4 is 17.4 Å². The van der Waals surface area contributed by atoms with E-state index in [9.17, 15) is 4.79 Å². The van der Waals surface area contributed by atoms with Gasteiger partial charge in [-0.1, -0.05) is 41.4 Å². The number of ketones is 1. The van der Waals surface area contributed by atoms with Crippen LogP contribution in [0, 0.1) is 13.8 Å². The first-order valence-electron chi connectivity index (χ1n) is 5.45. The highest BCUT2D eigenvalue weighted by Crippen LogP contribution is 2.18. The summed E-state index contributed by atoms with van der Waals surface area (Å²) in [5.74, 6) is 0.00981. The van der Waals surface area contributed by atoms with Crippen molar-refractivity contribution in [2.45, 2.75) is 13.8 Å². The summed E-state index contributed by atoms with van der Waals surface area (Å²) in [6.07, 6.45) is 0. The Bertz CT molecular complexity index is 535. The molecule has 0 aliphatic rings. The molecule has 0 aliphatic heterocycles. The highest BCUT2D eigenvalue weighted by molar-refractivity contribution is 6.31. The summed E-state index contributed by atoms with van der Waals surface area (Å²) in [4.78, 5) is 12.2. The van der Waals surface area contributed by atoms with Crippen LogP contribution in [0.3, 0.4) is 0 Å². The second-order valence-corrected chi connectivity index (χ2v) is 4.65. The van der Waals surface area contributed by atoms with Crippen molar-refractivity contribution in [3.05, 3.63) is 69.7 Å². The smallest absolute Gasteiger partial charge is 0.193 e. The number of hydrogen-bond donors (Lipinski definition) is 0. The first-order valence-corrected chi connectivity index (χ1v) is 5.82. The van der Waals surface area contributed by atoms with E-state index in [0.29, 0.717) is 16.1 Å². The monoisotopic (exact) mass is 244 g/mol. The summed E-state index contributed by atoms with van der Waals surface area (Å²) in [6, 6.07) is 13.0. The van der Waals surface area contributed by atoms with Crippen LogP contribution in [0.15, 0.2) is 42.5 Å². The Labute approximate surface area is 106 Å². The summed E-state index contributed by atoms with van der Waals surface area (Å²) < 4.78 is 0. The fourth-order valence-electron chi connectivity index (χ4n) is 1.74. The van der Waals surface area contributed by atoms with Crippen LogP contribution in [0.1, 0.15) is 27.0 Å². The van der Waals surface area contributed by atoms with Gasteiger partial charge in [0.1, 0.15) is 0 Å². The highest BCUT2D eigenvalue weighted by Gasteiger charge is 2.09. The largest absolute Gasteiger partial charge is 0.289 e. The van der Waals surface area contributed by atoms with E-state index in [0.717, 1.165) is 11.1 Å². The van der Waals surface area contributed by atoms with E-state index < -0.39 is 0 Å². The van der Waals surface area contributed by atoms with Crippen molar-refractivity contribution in [2.75, 3.05) is 0 Å². The van der Waals surface area contributed by atoms with E-state index in [4.69, 9.17) is 11.6 Å². The molecule has 2 aromatic rings. The average molecular weight is 245 g/mol. The number of carbonyl (C=O) groups is 1. The van der Waals surface area contributed by atoms with E-state index in [1.165, 1.54) is 0 Å². The van der Waals surface area contributed by atoms with Gasteiger partial charge in [-0.05, 0) is 37.6 Å². The molecule has 86 valence electrons. The van der Waals surface area contributed by atoms with Gasteiger partial charge >= 0.3 is 0 Å². The lowest BCUT2D eigenvalue weighted by Crippen LogP contribution is -2.01. The molecule has 0 bridgehead atoms. The van der Waals surface area contributed by atoms with Crippen molar-refractivity contribution in [3.63, 3.8) is 0 Å². The lowest BCUT2D eigenvalue weighted by molar-refractivity contribution is 0.103. The van der Waals surface area contributed by atoms with E-state index in [1.807, 2.05) is 50.2 Å². The van der Waals surface area contributed by atoms with Crippen LogP contribution in [0.25, 0.3) is 0 Å². The third-order valence-corrected chi connectivity index (χ3v) is 2.84. The van der Waals surface area contributed by atoms with Crippen molar-refractivity contribution in [1.29, 1.82) is 0 Å². The zero-order valence-corrected chi connectivity index (χ0v) is 10.6. The normalized spacial score (nSPS) is 10.3. The molecule has 0 N–H and O–H groups in total. The first kappa shape index (κ1) is 11.9. The Morgan fingerprint density at radius 2 is 1.53 bits per heavy atom. The van der Waals surface area contributed by atoms with E-state index in [-0.39, 0.29) is 5.78 Å². The molecular weight excluding hydrogens is 232 g/mol. The summed E-state index contributed by atoms with van der Waals surface area (Å²) in [5.41, 5.74) is 3.47. The maximum atomic E-state index is 12.2. The van der Waals surface area contributed by atoms with Gasteiger partial charge in [0, 0.05) is 16.1 Å². The van der Waals surface area contributed by atoms with Crippen molar-refractivity contribution in [1.82, 2.24) is 0 Å². The first-order chi connectivity index (χ1) is 8.06. The molecule has 2 aromatic carbocycles. The summed E-state index contributed by atoms with van der Waals surface area (Å²) in [6.45, 7) is 3.93. The molecule has 17 heavy (non-hydrogen) atoms. The zero-order chi connectivity index (χ0) is 12.4. The van der Waals surface area contributed by atoms with Gasteiger partial charge in [0.2, 0.25) is 0 Å². The van der Waals surface area contributed by atoms with Crippen LogP contribution in [0.4, 0.5) is 0 Å². The fraction of sp³-hybridized carbons (Fsp3) is 0.133. The van der Waals surface area contributed by atoms with Gasteiger partial charge in [-0.15, -0.1) is 0 Å². The predicted molar refractivity (Wildman–Crippen MR) is 70.8 cm³/mol. The lowest BCUT2D eigenvalue weighted by Gasteiger charge is -2.04. The maximum absolute atomic E-state index is 12.2. The molecule has 0 atom stereocenters. The fourth-order valence-corrected chi connectivity index (χ4v) is 2.03.